The van der Waals surface area contributed by atoms with Gasteiger partial charge in [-0.05, 0) is 38.0 Å². The fraction of sp³-hybridized carbons (Fsp3) is 0.812. The third kappa shape index (κ3) is 4.47. The number of carbonyl (C=O) groups is 1. The number of unbranched alkanes of at least 4 members (excludes halogenated alkanes) is 2. The maximum atomic E-state index is 11.4. The van der Waals surface area contributed by atoms with Gasteiger partial charge in [-0.25, -0.2) is 4.79 Å². The zero-order valence-electron chi connectivity index (χ0n) is 12.0. The Bertz CT molecular complexity index is 262. The molecule has 1 saturated carbocycles. The summed E-state index contributed by atoms with van der Waals surface area (Å²) in [5, 5.41) is 0. The summed E-state index contributed by atoms with van der Waals surface area (Å²) in [6.07, 6.45) is 12.0. The molecule has 104 valence electrons. The molecule has 0 amide bonds. The molecular formula is C16H28O2. The minimum absolute atomic E-state index is 0.202. The molecule has 0 aromatic heterocycles. The highest BCUT2D eigenvalue weighted by molar-refractivity contribution is 5.81. The van der Waals surface area contributed by atoms with Gasteiger partial charge in [0.2, 0.25) is 0 Å². The van der Waals surface area contributed by atoms with E-state index in [4.69, 9.17) is 4.74 Å². The van der Waals surface area contributed by atoms with Gasteiger partial charge < -0.3 is 4.74 Å². The molecule has 1 aliphatic rings. The van der Waals surface area contributed by atoms with Gasteiger partial charge in [-0.2, -0.15) is 0 Å². The number of carbonyl (C=O) groups excluding carboxylic acids is 1. The smallest absolute Gasteiger partial charge is 0.330 e. The Labute approximate surface area is 112 Å². The Hall–Kier alpha value is -0.790. The molecule has 0 atom stereocenters. The summed E-state index contributed by atoms with van der Waals surface area (Å²) < 4.78 is 5.59. The van der Waals surface area contributed by atoms with Crippen molar-refractivity contribution < 1.29 is 9.53 Å². The third-order valence-electron chi connectivity index (χ3n) is 4.36. The highest BCUT2D eigenvalue weighted by atomic mass is 16.6. The van der Waals surface area contributed by atoms with Gasteiger partial charge in [0.1, 0.15) is 5.60 Å². The van der Waals surface area contributed by atoms with Gasteiger partial charge in [0.05, 0.1) is 0 Å². The fourth-order valence-corrected chi connectivity index (χ4v) is 2.96. The van der Waals surface area contributed by atoms with Crippen LogP contribution in [0.15, 0.2) is 12.7 Å². The summed E-state index contributed by atoms with van der Waals surface area (Å²) in [6, 6.07) is 0. The second-order valence-electron chi connectivity index (χ2n) is 5.60. The lowest BCUT2D eigenvalue weighted by Gasteiger charge is -2.39. The lowest BCUT2D eigenvalue weighted by Crippen LogP contribution is -2.38. The zero-order chi connectivity index (χ0) is 13.4. The van der Waals surface area contributed by atoms with Crippen molar-refractivity contribution in [2.24, 2.45) is 5.92 Å². The summed E-state index contributed by atoms with van der Waals surface area (Å²) in [5.41, 5.74) is -0.202. The number of hydrogen-bond acceptors (Lipinski definition) is 2. The first kappa shape index (κ1) is 15.3. The predicted molar refractivity (Wildman–Crippen MR) is 75.4 cm³/mol. The maximum absolute atomic E-state index is 11.4. The molecule has 0 N–H and O–H groups in total. The average Bonchev–Trinajstić information content (AvgIpc) is 2.41. The van der Waals surface area contributed by atoms with Gasteiger partial charge in [-0.3, -0.25) is 0 Å². The molecule has 2 heteroatoms. The molecule has 0 bridgehead atoms. The van der Waals surface area contributed by atoms with E-state index in [1.807, 2.05) is 0 Å². The normalized spacial score (nSPS) is 27.8. The van der Waals surface area contributed by atoms with Crippen LogP contribution in [-0.4, -0.2) is 11.6 Å². The van der Waals surface area contributed by atoms with Crippen molar-refractivity contribution in [2.75, 3.05) is 0 Å². The highest BCUT2D eigenvalue weighted by Gasteiger charge is 2.36. The van der Waals surface area contributed by atoms with Crippen LogP contribution in [0.2, 0.25) is 0 Å². The van der Waals surface area contributed by atoms with Crippen LogP contribution < -0.4 is 0 Å². The van der Waals surface area contributed by atoms with E-state index in [-0.39, 0.29) is 11.6 Å². The maximum Gasteiger partial charge on any atom is 0.330 e. The van der Waals surface area contributed by atoms with Crippen LogP contribution in [0.1, 0.15) is 71.6 Å². The fourth-order valence-electron chi connectivity index (χ4n) is 2.96. The molecule has 0 saturated heterocycles. The van der Waals surface area contributed by atoms with Gasteiger partial charge in [0.25, 0.3) is 0 Å². The van der Waals surface area contributed by atoms with E-state index in [1.165, 1.54) is 44.6 Å². The molecule has 0 aliphatic heterocycles. The van der Waals surface area contributed by atoms with E-state index in [0.29, 0.717) is 0 Å². The molecule has 0 radical (unpaired) electrons. The number of ether oxygens (including phenoxy) is 1. The Morgan fingerprint density at radius 1 is 1.33 bits per heavy atom. The summed E-state index contributed by atoms with van der Waals surface area (Å²) in [4.78, 5) is 11.4. The van der Waals surface area contributed by atoms with Gasteiger partial charge >= 0.3 is 5.97 Å². The van der Waals surface area contributed by atoms with Crippen LogP contribution in [0, 0.1) is 5.92 Å². The van der Waals surface area contributed by atoms with Crippen molar-refractivity contribution in [1.29, 1.82) is 0 Å². The molecule has 0 unspecified atom stereocenters. The van der Waals surface area contributed by atoms with Crippen LogP contribution in [-0.2, 0) is 9.53 Å². The van der Waals surface area contributed by atoms with Crippen LogP contribution in [0.5, 0.6) is 0 Å². The monoisotopic (exact) mass is 252 g/mol. The van der Waals surface area contributed by atoms with E-state index >= 15 is 0 Å². The van der Waals surface area contributed by atoms with Crippen LogP contribution in [0.25, 0.3) is 0 Å². The topological polar surface area (TPSA) is 26.3 Å². The van der Waals surface area contributed by atoms with Crippen molar-refractivity contribution in [2.45, 2.75) is 77.2 Å². The van der Waals surface area contributed by atoms with E-state index in [1.54, 1.807) is 0 Å². The third-order valence-corrected chi connectivity index (χ3v) is 4.36. The van der Waals surface area contributed by atoms with Crippen molar-refractivity contribution >= 4 is 5.97 Å². The van der Waals surface area contributed by atoms with E-state index in [0.717, 1.165) is 25.2 Å². The molecule has 0 aromatic rings. The Morgan fingerprint density at radius 3 is 2.50 bits per heavy atom. The summed E-state index contributed by atoms with van der Waals surface area (Å²) in [6.45, 7) is 7.85. The molecule has 2 nitrogen and oxygen atoms in total. The van der Waals surface area contributed by atoms with Crippen molar-refractivity contribution in [3.63, 3.8) is 0 Å². The van der Waals surface area contributed by atoms with Gasteiger partial charge in [0, 0.05) is 6.08 Å². The first-order valence-corrected chi connectivity index (χ1v) is 7.51. The largest absolute Gasteiger partial charge is 0.456 e. The van der Waals surface area contributed by atoms with Crippen LogP contribution in [0.3, 0.4) is 0 Å². The Balaban J connectivity index is 2.38. The second kappa shape index (κ2) is 7.60. The quantitative estimate of drug-likeness (QED) is 0.375. The minimum Gasteiger partial charge on any atom is -0.456 e. The molecule has 1 fully saturated rings. The number of rotatable bonds is 7. The lowest BCUT2D eigenvalue weighted by atomic mass is 9.75. The molecule has 1 aliphatic carbocycles. The second-order valence-corrected chi connectivity index (χ2v) is 5.60. The molecule has 0 aromatic carbocycles. The van der Waals surface area contributed by atoms with E-state index < -0.39 is 0 Å². The molecule has 18 heavy (non-hydrogen) atoms. The highest BCUT2D eigenvalue weighted by Crippen LogP contribution is 2.39. The van der Waals surface area contributed by atoms with Gasteiger partial charge in [-0.1, -0.05) is 46.1 Å². The first-order chi connectivity index (χ1) is 8.65. The summed E-state index contributed by atoms with van der Waals surface area (Å²) in [7, 11) is 0. The van der Waals surface area contributed by atoms with Gasteiger partial charge in [0.15, 0.2) is 0 Å². The SMILES string of the molecule is C=CC(=O)OC1(CC)CCC(CCCCC)CC1. The number of esters is 1. The summed E-state index contributed by atoms with van der Waals surface area (Å²) >= 11 is 0. The van der Waals surface area contributed by atoms with Crippen molar-refractivity contribution in [3.8, 4) is 0 Å². The Morgan fingerprint density at radius 2 is 2.00 bits per heavy atom. The van der Waals surface area contributed by atoms with E-state index in [9.17, 15) is 4.79 Å². The lowest BCUT2D eigenvalue weighted by molar-refractivity contribution is -0.158. The molecule has 1 rings (SSSR count). The first-order valence-electron chi connectivity index (χ1n) is 7.51. The van der Waals surface area contributed by atoms with Crippen LogP contribution >= 0.6 is 0 Å². The molecule has 0 heterocycles. The zero-order valence-corrected chi connectivity index (χ0v) is 12.0. The summed E-state index contributed by atoms with van der Waals surface area (Å²) in [5.74, 6) is 0.583. The van der Waals surface area contributed by atoms with Gasteiger partial charge in [-0.15, -0.1) is 0 Å². The standard InChI is InChI=1S/C16H28O2/c1-4-7-8-9-14-10-12-16(6-3,13-11-14)18-15(17)5-2/h5,14H,2,4,6-13H2,1,3H3. The molecular weight excluding hydrogens is 224 g/mol. The van der Waals surface area contributed by atoms with Crippen LogP contribution in [0.4, 0.5) is 0 Å². The van der Waals surface area contributed by atoms with Crippen molar-refractivity contribution in [3.05, 3.63) is 12.7 Å². The average molecular weight is 252 g/mol. The van der Waals surface area contributed by atoms with E-state index in [2.05, 4.69) is 20.4 Å². The molecule has 0 spiro atoms. The number of hydrogen-bond donors (Lipinski definition) is 0. The Kier molecular flexibility index (Phi) is 6.45. The van der Waals surface area contributed by atoms with Crippen molar-refractivity contribution in [1.82, 2.24) is 0 Å². The minimum atomic E-state index is -0.263. The predicted octanol–water partition coefficient (Wildman–Crippen LogP) is 4.63.